The molecule has 2 aromatic carbocycles. The number of nitrogens with zero attached hydrogens (tertiary/aromatic N) is 1. The Morgan fingerprint density at radius 2 is 1.94 bits per heavy atom. The van der Waals surface area contributed by atoms with Crippen molar-refractivity contribution < 1.29 is 9.59 Å². The fraction of sp³-hybridized carbons (Fsp3) is 0.483. The van der Waals surface area contributed by atoms with E-state index in [1.54, 1.807) is 0 Å². The van der Waals surface area contributed by atoms with Gasteiger partial charge in [-0.05, 0) is 73.4 Å². The SMILES string of the molecule is CC1(C)CCNC(CC(=O)CC2=NC(NC(=O)Nc3ccc4c(c3)CCC4)CNc3ccccc32)C1. The third-order valence-electron chi connectivity index (χ3n) is 7.56. The van der Waals surface area contributed by atoms with Gasteiger partial charge in [0.2, 0.25) is 0 Å². The number of ketones is 1. The number of nitrogens with one attached hydrogen (secondary N) is 4. The van der Waals surface area contributed by atoms with Crippen LogP contribution in [0.15, 0.2) is 47.5 Å². The van der Waals surface area contributed by atoms with Gasteiger partial charge < -0.3 is 21.3 Å². The number of anilines is 2. The smallest absolute Gasteiger partial charge is 0.320 e. The fourth-order valence-corrected chi connectivity index (χ4v) is 5.73. The molecule has 3 aliphatic rings. The van der Waals surface area contributed by atoms with Gasteiger partial charge in [0.25, 0.3) is 0 Å². The Morgan fingerprint density at radius 1 is 1.11 bits per heavy atom. The van der Waals surface area contributed by atoms with Gasteiger partial charge in [0, 0.05) is 35.8 Å². The molecule has 7 nitrogen and oxygen atoms in total. The predicted molar refractivity (Wildman–Crippen MR) is 145 cm³/mol. The summed E-state index contributed by atoms with van der Waals surface area (Å²) in [5, 5.41) is 12.8. The summed E-state index contributed by atoms with van der Waals surface area (Å²) in [6.45, 7) is 5.94. The van der Waals surface area contributed by atoms with Crippen molar-refractivity contribution in [3.63, 3.8) is 0 Å². The Balaban J connectivity index is 1.27. The van der Waals surface area contributed by atoms with Gasteiger partial charge in [-0.1, -0.05) is 38.1 Å². The Labute approximate surface area is 213 Å². The number of piperidine rings is 1. The second kappa shape index (κ2) is 10.4. The third kappa shape index (κ3) is 5.95. The van der Waals surface area contributed by atoms with Crippen molar-refractivity contribution >= 4 is 28.9 Å². The van der Waals surface area contributed by atoms with E-state index < -0.39 is 6.17 Å². The normalized spacial score (nSPS) is 22.3. The summed E-state index contributed by atoms with van der Waals surface area (Å²) in [7, 11) is 0. The van der Waals surface area contributed by atoms with E-state index in [-0.39, 0.29) is 29.7 Å². The molecule has 0 bridgehead atoms. The van der Waals surface area contributed by atoms with Crippen LogP contribution in [-0.4, -0.2) is 42.8 Å². The van der Waals surface area contributed by atoms with Gasteiger partial charge in [-0.15, -0.1) is 0 Å². The van der Waals surface area contributed by atoms with Gasteiger partial charge in [-0.25, -0.2) is 4.79 Å². The van der Waals surface area contributed by atoms with Gasteiger partial charge in [0.1, 0.15) is 11.9 Å². The molecule has 2 aliphatic heterocycles. The number of urea groups is 1. The zero-order valence-electron chi connectivity index (χ0n) is 21.3. The fourth-order valence-electron chi connectivity index (χ4n) is 5.73. The van der Waals surface area contributed by atoms with E-state index in [1.807, 2.05) is 30.3 Å². The first-order valence-electron chi connectivity index (χ1n) is 13.2. The van der Waals surface area contributed by atoms with E-state index in [4.69, 9.17) is 4.99 Å². The van der Waals surface area contributed by atoms with Crippen molar-refractivity contribution in [3.05, 3.63) is 59.2 Å². The molecule has 1 aliphatic carbocycles. The van der Waals surface area contributed by atoms with Crippen LogP contribution in [0.2, 0.25) is 0 Å². The maximum atomic E-state index is 13.1. The summed E-state index contributed by atoms with van der Waals surface area (Å²) in [4.78, 5) is 30.8. The standard InChI is InChI=1S/C29H37N5O2/c1-29(2)12-13-30-22(17-29)15-23(35)16-26-24-8-3-4-9-25(24)31-18-27(33-26)34-28(36)32-21-11-10-19-6-5-7-20(19)14-21/h3-4,8-11,14,22,27,30-31H,5-7,12-13,15-18H2,1-2H3,(H2,32,34,36). The van der Waals surface area contributed by atoms with E-state index in [9.17, 15) is 9.59 Å². The van der Waals surface area contributed by atoms with E-state index >= 15 is 0 Å². The van der Waals surface area contributed by atoms with Crippen molar-refractivity contribution in [1.29, 1.82) is 0 Å². The number of carbonyl (C=O) groups is 2. The van der Waals surface area contributed by atoms with Crippen LogP contribution in [0, 0.1) is 5.41 Å². The van der Waals surface area contributed by atoms with E-state index in [0.29, 0.717) is 13.0 Å². The molecule has 1 fully saturated rings. The summed E-state index contributed by atoms with van der Waals surface area (Å²) < 4.78 is 0. The van der Waals surface area contributed by atoms with E-state index in [2.05, 4.69) is 47.2 Å². The highest BCUT2D eigenvalue weighted by Crippen LogP contribution is 2.31. The lowest BCUT2D eigenvalue weighted by Crippen LogP contribution is -2.43. The molecule has 2 aromatic rings. The number of benzodiazepines with no additional fused rings is 1. The van der Waals surface area contributed by atoms with E-state index in [1.165, 1.54) is 17.5 Å². The molecular formula is C29H37N5O2. The number of rotatable bonds is 6. The van der Waals surface area contributed by atoms with Crippen LogP contribution in [-0.2, 0) is 17.6 Å². The second-order valence-corrected chi connectivity index (χ2v) is 11.1. The maximum Gasteiger partial charge on any atom is 0.320 e. The Bertz CT molecular complexity index is 1170. The quantitative estimate of drug-likeness (QED) is 0.476. The first-order valence-corrected chi connectivity index (χ1v) is 13.2. The molecule has 4 N–H and O–H groups in total. The Kier molecular flexibility index (Phi) is 7.10. The van der Waals surface area contributed by atoms with E-state index in [0.717, 1.165) is 54.9 Å². The molecule has 2 heterocycles. The number of hydrogen-bond donors (Lipinski definition) is 4. The van der Waals surface area contributed by atoms with Gasteiger partial charge >= 0.3 is 6.03 Å². The Morgan fingerprint density at radius 3 is 2.81 bits per heavy atom. The average molecular weight is 488 g/mol. The van der Waals surface area contributed by atoms with Crippen molar-refractivity contribution in [1.82, 2.24) is 10.6 Å². The van der Waals surface area contributed by atoms with Crippen LogP contribution in [0.4, 0.5) is 16.2 Å². The molecule has 0 aromatic heterocycles. The van der Waals surface area contributed by atoms with Crippen molar-refractivity contribution in [2.75, 3.05) is 23.7 Å². The highest BCUT2D eigenvalue weighted by atomic mass is 16.2. The average Bonchev–Trinajstić information content (AvgIpc) is 3.22. The first-order chi connectivity index (χ1) is 17.3. The van der Waals surface area contributed by atoms with Crippen LogP contribution < -0.4 is 21.3 Å². The molecule has 1 saturated heterocycles. The van der Waals surface area contributed by atoms with Crippen LogP contribution in [0.1, 0.15) is 62.6 Å². The zero-order chi connectivity index (χ0) is 25.1. The molecule has 5 rings (SSSR count). The lowest BCUT2D eigenvalue weighted by atomic mass is 9.78. The minimum atomic E-state index is -0.485. The van der Waals surface area contributed by atoms with Gasteiger partial charge in [0.15, 0.2) is 0 Å². The summed E-state index contributed by atoms with van der Waals surface area (Å²) in [6.07, 6.45) is 5.73. The summed E-state index contributed by atoms with van der Waals surface area (Å²) in [6, 6.07) is 13.9. The van der Waals surface area contributed by atoms with Crippen molar-refractivity contribution in [2.45, 2.75) is 71.0 Å². The number of amides is 2. The highest BCUT2D eigenvalue weighted by Gasteiger charge is 2.29. The number of fused-ring (bicyclic) bond motifs is 2. The summed E-state index contributed by atoms with van der Waals surface area (Å²) >= 11 is 0. The minimum absolute atomic E-state index is 0.169. The molecule has 0 spiro atoms. The zero-order valence-corrected chi connectivity index (χ0v) is 21.3. The lowest BCUT2D eigenvalue weighted by molar-refractivity contribution is -0.118. The maximum absolute atomic E-state index is 13.1. The first kappa shape index (κ1) is 24.5. The number of carbonyl (C=O) groups excluding carboxylic acids is 2. The number of aliphatic imine (C=N–C) groups is 1. The van der Waals surface area contributed by atoms with Crippen LogP contribution in [0.5, 0.6) is 0 Å². The number of para-hydroxylation sites is 1. The van der Waals surface area contributed by atoms with Gasteiger partial charge in [0.05, 0.1) is 12.3 Å². The highest BCUT2D eigenvalue weighted by molar-refractivity contribution is 6.14. The molecule has 2 atom stereocenters. The van der Waals surface area contributed by atoms with Crippen molar-refractivity contribution in [3.8, 4) is 0 Å². The van der Waals surface area contributed by atoms with Crippen LogP contribution in [0.3, 0.4) is 0 Å². The molecule has 2 unspecified atom stereocenters. The number of Topliss-reactive ketones (excluding diaryl/α,β-unsaturated/α-hetero) is 1. The molecule has 0 saturated carbocycles. The molecule has 0 radical (unpaired) electrons. The van der Waals surface area contributed by atoms with Crippen LogP contribution in [0.25, 0.3) is 0 Å². The minimum Gasteiger partial charge on any atom is -0.380 e. The number of benzene rings is 2. The molecule has 190 valence electrons. The molecule has 2 amide bonds. The topological polar surface area (TPSA) is 94.6 Å². The summed E-state index contributed by atoms with van der Waals surface area (Å²) in [5.41, 5.74) is 6.31. The molecular weight excluding hydrogens is 450 g/mol. The number of hydrogen-bond acceptors (Lipinski definition) is 5. The largest absolute Gasteiger partial charge is 0.380 e. The van der Waals surface area contributed by atoms with Crippen molar-refractivity contribution in [2.24, 2.45) is 10.4 Å². The second-order valence-electron chi connectivity index (χ2n) is 11.1. The lowest BCUT2D eigenvalue weighted by Gasteiger charge is -2.35. The van der Waals surface area contributed by atoms with Gasteiger partial charge in [-0.3, -0.25) is 9.79 Å². The molecule has 36 heavy (non-hydrogen) atoms. The monoisotopic (exact) mass is 487 g/mol. The number of aryl methyl sites for hydroxylation is 2. The third-order valence-corrected chi connectivity index (χ3v) is 7.56. The predicted octanol–water partition coefficient (Wildman–Crippen LogP) is 4.67. The van der Waals surface area contributed by atoms with Crippen LogP contribution >= 0.6 is 0 Å². The Hall–Kier alpha value is -3.19. The summed E-state index contributed by atoms with van der Waals surface area (Å²) in [5.74, 6) is 0.169. The molecule has 7 heteroatoms. The van der Waals surface area contributed by atoms with Gasteiger partial charge in [-0.2, -0.15) is 0 Å².